The van der Waals surface area contributed by atoms with Crippen molar-refractivity contribution in [1.29, 1.82) is 0 Å². The molecular formula is C23H26N2O5S. The maximum atomic E-state index is 12.9. The van der Waals surface area contributed by atoms with E-state index in [1.807, 2.05) is 12.1 Å². The molecule has 0 saturated carbocycles. The van der Waals surface area contributed by atoms with Gasteiger partial charge in [0.2, 0.25) is 10.0 Å². The van der Waals surface area contributed by atoms with Crippen LogP contribution in [-0.4, -0.2) is 43.3 Å². The number of hydrogen-bond donors (Lipinski definition) is 1. The number of nitrogens with zero attached hydrogens (tertiary/aromatic N) is 1. The lowest BCUT2D eigenvalue weighted by Gasteiger charge is -2.33. The molecule has 0 bridgehead atoms. The summed E-state index contributed by atoms with van der Waals surface area (Å²) in [6, 6.07) is 13.2. The van der Waals surface area contributed by atoms with Crippen molar-refractivity contribution in [2.75, 3.05) is 18.4 Å². The van der Waals surface area contributed by atoms with Crippen LogP contribution in [-0.2, 0) is 26.0 Å². The number of esters is 1. The zero-order chi connectivity index (χ0) is 22.2. The smallest absolute Gasteiger partial charge is 0.339 e. The minimum absolute atomic E-state index is 0.198. The zero-order valence-electron chi connectivity index (χ0n) is 17.6. The van der Waals surface area contributed by atoms with Crippen molar-refractivity contribution in [2.24, 2.45) is 5.92 Å². The SMILES string of the molecule is CC1CCCN(S(=O)(=O)c2ccc(NC(=O)C3(C)Cc4ccccc4C(=O)O3)cc2)C1. The van der Waals surface area contributed by atoms with E-state index in [0.717, 1.165) is 18.4 Å². The summed E-state index contributed by atoms with van der Waals surface area (Å²) in [6.45, 7) is 4.67. The maximum absolute atomic E-state index is 12.9. The summed E-state index contributed by atoms with van der Waals surface area (Å²) in [4.78, 5) is 25.4. The molecule has 4 rings (SSSR count). The Morgan fingerprint density at radius 2 is 1.87 bits per heavy atom. The van der Waals surface area contributed by atoms with E-state index in [0.29, 0.717) is 30.3 Å². The predicted octanol–water partition coefficient (Wildman–Crippen LogP) is 3.22. The van der Waals surface area contributed by atoms with Gasteiger partial charge in [-0.1, -0.05) is 25.1 Å². The lowest BCUT2D eigenvalue weighted by atomic mass is 9.89. The average molecular weight is 443 g/mol. The van der Waals surface area contributed by atoms with Gasteiger partial charge >= 0.3 is 5.97 Å². The number of fused-ring (bicyclic) bond motifs is 1. The number of anilines is 1. The van der Waals surface area contributed by atoms with Crippen LogP contribution in [0, 0.1) is 5.92 Å². The second-order valence-electron chi connectivity index (χ2n) is 8.54. The Kier molecular flexibility index (Phi) is 5.61. The van der Waals surface area contributed by atoms with Crippen LogP contribution < -0.4 is 5.32 Å². The van der Waals surface area contributed by atoms with Gasteiger partial charge in [0.05, 0.1) is 10.5 Å². The molecule has 8 heteroatoms. The van der Waals surface area contributed by atoms with Crippen molar-refractivity contribution in [3.05, 3.63) is 59.7 Å². The minimum Gasteiger partial charge on any atom is -0.445 e. The first-order valence-corrected chi connectivity index (χ1v) is 11.9. The Labute approximate surface area is 182 Å². The molecule has 2 aliphatic heterocycles. The van der Waals surface area contributed by atoms with E-state index in [1.165, 1.54) is 16.4 Å². The number of carbonyl (C=O) groups excluding carboxylic acids is 2. The molecule has 1 saturated heterocycles. The molecule has 1 N–H and O–H groups in total. The van der Waals surface area contributed by atoms with E-state index in [4.69, 9.17) is 4.74 Å². The summed E-state index contributed by atoms with van der Waals surface area (Å²) in [7, 11) is -3.56. The predicted molar refractivity (Wildman–Crippen MR) is 116 cm³/mol. The van der Waals surface area contributed by atoms with Crippen molar-refractivity contribution in [3.8, 4) is 0 Å². The Morgan fingerprint density at radius 1 is 1.16 bits per heavy atom. The van der Waals surface area contributed by atoms with E-state index >= 15 is 0 Å². The molecule has 0 aliphatic carbocycles. The summed E-state index contributed by atoms with van der Waals surface area (Å²) >= 11 is 0. The molecule has 2 heterocycles. The van der Waals surface area contributed by atoms with Crippen LogP contribution in [0.25, 0.3) is 0 Å². The van der Waals surface area contributed by atoms with Gasteiger partial charge in [0.25, 0.3) is 5.91 Å². The first kappa shape index (κ1) is 21.5. The molecule has 2 aromatic rings. The van der Waals surface area contributed by atoms with Gasteiger partial charge in [-0.05, 0) is 61.6 Å². The van der Waals surface area contributed by atoms with Crippen molar-refractivity contribution in [3.63, 3.8) is 0 Å². The quantitative estimate of drug-likeness (QED) is 0.734. The summed E-state index contributed by atoms with van der Waals surface area (Å²) in [5, 5.41) is 2.74. The van der Waals surface area contributed by atoms with Crippen LogP contribution in [0.3, 0.4) is 0 Å². The number of piperidine rings is 1. The van der Waals surface area contributed by atoms with E-state index in [1.54, 1.807) is 31.2 Å². The molecule has 2 unspecified atom stereocenters. The Morgan fingerprint density at radius 3 is 2.58 bits per heavy atom. The average Bonchev–Trinajstić information content (AvgIpc) is 2.74. The van der Waals surface area contributed by atoms with E-state index in [-0.39, 0.29) is 11.3 Å². The second kappa shape index (κ2) is 8.09. The number of hydrogen-bond acceptors (Lipinski definition) is 5. The first-order valence-electron chi connectivity index (χ1n) is 10.4. The van der Waals surface area contributed by atoms with Gasteiger partial charge in [-0.15, -0.1) is 0 Å². The number of nitrogens with one attached hydrogen (secondary N) is 1. The number of rotatable bonds is 4. The highest BCUT2D eigenvalue weighted by atomic mass is 32.2. The third-order valence-electron chi connectivity index (χ3n) is 5.93. The van der Waals surface area contributed by atoms with Gasteiger partial charge in [-0.25, -0.2) is 13.2 Å². The highest BCUT2D eigenvalue weighted by molar-refractivity contribution is 7.89. The summed E-state index contributed by atoms with van der Waals surface area (Å²) in [5.74, 6) is -0.654. The minimum atomic E-state index is -3.56. The van der Waals surface area contributed by atoms with Crippen LogP contribution in [0.5, 0.6) is 0 Å². The topological polar surface area (TPSA) is 92.8 Å². The monoisotopic (exact) mass is 442 g/mol. The van der Waals surface area contributed by atoms with E-state index in [9.17, 15) is 18.0 Å². The van der Waals surface area contributed by atoms with E-state index < -0.39 is 27.5 Å². The fourth-order valence-electron chi connectivity index (χ4n) is 4.15. The van der Waals surface area contributed by atoms with Crippen molar-refractivity contribution >= 4 is 27.6 Å². The van der Waals surface area contributed by atoms with Gasteiger partial charge < -0.3 is 10.1 Å². The van der Waals surface area contributed by atoms with Gasteiger partial charge in [-0.3, -0.25) is 4.79 Å². The van der Waals surface area contributed by atoms with Crippen molar-refractivity contribution < 1.29 is 22.7 Å². The number of amides is 1. The Balaban J connectivity index is 1.48. The molecule has 0 aromatic heterocycles. The number of cyclic esters (lactones) is 1. The molecular weight excluding hydrogens is 416 g/mol. The van der Waals surface area contributed by atoms with Gasteiger partial charge in [0.1, 0.15) is 0 Å². The number of carbonyl (C=O) groups is 2. The van der Waals surface area contributed by atoms with Crippen LogP contribution in [0.15, 0.2) is 53.4 Å². The molecule has 31 heavy (non-hydrogen) atoms. The van der Waals surface area contributed by atoms with E-state index in [2.05, 4.69) is 12.2 Å². The molecule has 2 aromatic carbocycles. The molecule has 0 spiro atoms. The van der Waals surface area contributed by atoms with Crippen LogP contribution in [0.1, 0.15) is 42.6 Å². The van der Waals surface area contributed by atoms with Crippen molar-refractivity contribution in [1.82, 2.24) is 4.31 Å². The largest absolute Gasteiger partial charge is 0.445 e. The van der Waals surface area contributed by atoms with Crippen LogP contribution >= 0.6 is 0 Å². The Bertz CT molecular complexity index is 1110. The lowest BCUT2D eigenvalue weighted by Crippen LogP contribution is -2.48. The standard InChI is InChI=1S/C23H26N2O5S/c1-16-6-5-13-25(15-16)31(28,29)19-11-9-18(10-12-19)24-22(27)23(2)14-17-7-3-4-8-20(17)21(26)30-23/h3-4,7-12,16H,5-6,13-15H2,1-2H3,(H,24,27). The molecule has 1 fully saturated rings. The van der Waals surface area contributed by atoms with Gasteiger partial charge in [0, 0.05) is 25.2 Å². The first-order chi connectivity index (χ1) is 14.7. The highest BCUT2D eigenvalue weighted by Gasteiger charge is 2.42. The summed E-state index contributed by atoms with van der Waals surface area (Å²) < 4.78 is 32.8. The van der Waals surface area contributed by atoms with Crippen LogP contribution in [0.4, 0.5) is 5.69 Å². The lowest BCUT2D eigenvalue weighted by molar-refractivity contribution is -0.134. The molecule has 7 nitrogen and oxygen atoms in total. The van der Waals surface area contributed by atoms with Crippen molar-refractivity contribution in [2.45, 2.75) is 43.6 Å². The molecule has 1 amide bonds. The zero-order valence-corrected chi connectivity index (χ0v) is 18.4. The highest BCUT2D eigenvalue weighted by Crippen LogP contribution is 2.30. The maximum Gasteiger partial charge on any atom is 0.339 e. The third-order valence-corrected chi connectivity index (χ3v) is 7.81. The fraction of sp³-hybridized carbons (Fsp3) is 0.391. The summed E-state index contributed by atoms with van der Waals surface area (Å²) in [6.07, 6.45) is 2.15. The number of ether oxygens (including phenoxy) is 1. The summed E-state index contributed by atoms with van der Waals surface area (Å²) in [5.41, 5.74) is 0.315. The van der Waals surface area contributed by atoms with Gasteiger partial charge in [-0.2, -0.15) is 4.31 Å². The number of sulfonamides is 1. The Hall–Kier alpha value is -2.71. The molecule has 164 valence electrons. The second-order valence-corrected chi connectivity index (χ2v) is 10.5. The fourth-order valence-corrected chi connectivity index (χ4v) is 5.74. The molecule has 2 aliphatic rings. The number of benzene rings is 2. The molecule has 0 radical (unpaired) electrons. The van der Waals surface area contributed by atoms with Crippen LogP contribution in [0.2, 0.25) is 0 Å². The molecule has 2 atom stereocenters. The third kappa shape index (κ3) is 4.22. The van der Waals surface area contributed by atoms with Gasteiger partial charge in [0.15, 0.2) is 5.60 Å². The normalized spacial score (nSPS) is 24.2.